The first-order valence-corrected chi connectivity index (χ1v) is 4.32. The normalized spacial score (nSPS) is 9.38. The molecule has 0 radical (unpaired) electrons. The van der Waals surface area contributed by atoms with Gasteiger partial charge in [-0.25, -0.2) is 9.17 Å². The summed E-state index contributed by atoms with van der Waals surface area (Å²) in [7, 11) is 3.13. The highest BCUT2D eigenvalue weighted by Gasteiger charge is 2.12. The van der Waals surface area contributed by atoms with E-state index in [4.69, 9.17) is 0 Å². The molecule has 1 N–H and O–H groups in total. The highest BCUT2D eigenvalue weighted by Crippen LogP contribution is 2.03. The highest BCUT2D eigenvalue weighted by atomic mass is 32.1. The van der Waals surface area contributed by atoms with Crippen LogP contribution >= 0.6 is 11.5 Å². The van der Waals surface area contributed by atoms with Gasteiger partial charge in [0.25, 0.3) is 5.91 Å². The van der Waals surface area contributed by atoms with Crippen LogP contribution in [-0.4, -0.2) is 35.3 Å². The minimum Gasteiger partial charge on any atom is -0.331 e. The van der Waals surface area contributed by atoms with Crippen molar-refractivity contribution in [2.75, 3.05) is 14.1 Å². The molecule has 0 atom stereocenters. The topological polar surface area (TPSA) is 62.3 Å². The van der Waals surface area contributed by atoms with E-state index in [1.807, 2.05) is 0 Å². The minimum atomic E-state index is -0.432. The van der Waals surface area contributed by atoms with Gasteiger partial charge in [0.05, 0.1) is 0 Å². The molecule has 0 spiro atoms. The molecule has 3 amide bonds. The maximum Gasteiger partial charge on any atom is 0.323 e. The summed E-state index contributed by atoms with van der Waals surface area (Å²) in [4.78, 5) is 24.0. The Labute approximate surface area is 79.5 Å². The van der Waals surface area contributed by atoms with Gasteiger partial charge in [-0.2, -0.15) is 0 Å². The zero-order valence-corrected chi connectivity index (χ0v) is 8.09. The van der Waals surface area contributed by atoms with E-state index < -0.39 is 11.9 Å². The van der Waals surface area contributed by atoms with Gasteiger partial charge in [-0.3, -0.25) is 10.1 Å². The van der Waals surface area contributed by atoms with E-state index in [0.29, 0.717) is 4.88 Å². The number of rotatable bonds is 1. The molecule has 0 aliphatic rings. The number of imide groups is 1. The summed E-state index contributed by atoms with van der Waals surface area (Å²) >= 11 is 1.05. The lowest BCUT2D eigenvalue weighted by Crippen LogP contribution is -2.38. The predicted octanol–water partition coefficient (Wildman–Crippen LogP) is 0.554. The molecule has 1 rings (SSSR count). The third-order valence-electron chi connectivity index (χ3n) is 1.29. The zero-order valence-electron chi connectivity index (χ0n) is 7.27. The molecule has 0 fully saturated rings. The van der Waals surface area contributed by atoms with Gasteiger partial charge in [-0.05, 0) is 17.6 Å². The van der Waals surface area contributed by atoms with Crippen LogP contribution in [-0.2, 0) is 0 Å². The van der Waals surface area contributed by atoms with Crippen molar-refractivity contribution in [3.8, 4) is 0 Å². The Morgan fingerprint density at radius 3 is 2.69 bits per heavy atom. The van der Waals surface area contributed by atoms with Gasteiger partial charge in [0, 0.05) is 20.3 Å². The van der Waals surface area contributed by atoms with Crippen LogP contribution in [0.15, 0.2) is 12.3 Å². The first-order valence-electron chi connectivity index (χ1n) is 3.54. The number of nitrogens with one attached hydrogen (secondary N) is 1. The Morgan fingerprint density at radius 1 is 1.54 bits per heavy atom. The number of amides is 3. The zero-order chi connectivity index (χ0) is 9.84. The van der Waals surface area contributed by atoms with Crippen LogP contribution in [0.2, 0.25) is 0 Å². The van der Waals surface area contributed by atoms with Crippen molar-refractivity contribution in [1.82, 2.24) is 14.6 Å². The van der Waals surface area contributed by atoms with Gasteiger partial charge in [-0.15, -0.1) is 0 Å². The van der Waals surface area contributed by atoms with E-state index in [2.05, 4.69) is 9.69 Å². The van der Waals surface area contributed by atoms with Crippen molar-refractivity contribution in [1.29, 1.82) is 0 Å². The maximum absolute atomic E-state index is 11.2. The van der Waals surface area contributed by atoms with Gasteiger partial charge in [0.2, 0.25) is 0 Å². The van der Waals surface area contributed by atoms with E-state index >= 15 is 0 Å². The number of carbonyl (C=O) groups excluding carboxylic acids is 2. The van der Waals surface area contributed by atoms with E-state index in [0.717, 1.165) is 11.5 Å². The number of hydrogen-bond donors (Lipinski definition) is 1. The summed E-state index contributed by atoms with van der Waals surface area (Å²) in [5.41, 5.74) is 0. The summed E-state index contributed by atoms with van der Waals surface area (Å²) in [6.07, 6.45) is 1.51. The fourth-order valence-electron chi connectivity index (χ4n) is 0.603. The molecule has 6 heteroatoms. The van der Waals surface area contributed by atoms with Crippen LogP contribution in [0.4, 0.5) is 4.79 Å². The molecule has 0 saturated carbocycles. The summed E-state index contributed by atoms with van der Waals surface area (Å²) in [5, 5.41) is 2.20. The quantitative estimate of drug-likeness (QED) is 0.718. The Balaban J connectivity index is 2.57. The molecule has 5 nitrogen and oxygen atoms in total. The molecule has 0 aliphatic carbocycles. The Bertz CT molecular complexity index is 308. The molecular weight excluding hydrogens is 190 g/mol. The average molecular weight is 199 g/mol. The van der Waals surface area contributed by atoms with Gasteiger partial charge in [0.1, 0.15) is 4.88 Å². The summed E-state index contributed by atoms with van der Waals surface area (Å²) in [6, 6.07) is 1.13. The third-order valence-corrected chi connectivity index (χ3v) is 2.03. The Hall–Kier alpha value is -1.43. The predicted molar refractivity (Wildman–Crippen MR) is 48.7 cm³/mol. The van der Waals surface area contributed by atoms with E-state index in [9.17, 15) is 9.59 Å². The first kappa shape index (κ1) is 9.66. The monoisotopic (exact) mass is 199 g/mol. The van der Waals surface area contributed by atoms with Gasteiger partial charge in [0.15, 0.2) is 0 Å². The number of aromatic nitrogens is 1. The second-order valence-electron chi connectivity index (χ2n) is 2.53. The third kappa shape index (κ3) is 2.51. The van der Waals surface area contributed by atoms with Gasteiger partial charge < -0.3 is 4.90 Å². The summed E-state index contributed by atoms with van der Waals surface area (Å²) in [6.45, 7) is 0. The fourth-order valence-corrected chi connectivity index (χ4v) is 1.09. The average Bonchev–Trinajstić information content (AvgIpc) is 2.55. The van der Waals surface area contributed by atoms with Crippen LogP contribution in [0.5, 0.6) is 0 Å². The van der Waals surface area contributed by atoms with Crippen molar-refractivity contribution >= 4 is 23.5 Å². The molecular formula is C7H9N3O2S. The van der Waals surface area contributed by atoms with Crippen molar-refractivity contribution in [2.24, 2.45) is 0 Å². The van der Waals surface area contributed by atoms with Crippen molar-refractivity contribution in [2.45, 2.75) is 0 Å². The Kier molecular flexibility index (Phi) is 2.97. The molecule has 0 saturated heterocycles. The van der Waals surface area contributed by atoms with E-state index in [-0.39, 0.29) is 0 Å². The molecule has 1 heterocycles. The second kappa shape index (κ2) is 3.99. The van der Waals surface area contributed by atoms with Crippen LogP contribution < -0.4 is 5.32 Å². The fraction of sp³-hybridized carbons (Fsp3) is 0.286. The van der Waals surface area contributed by atoms with E-state index in [1.54, 1.807) is 20.2 Å². The lowest BCUT2D eigenvalue weighted by molar-refractivity contribution is 0.0961. The number of urea groups is 1. The first-order chi connectivity index (χ1) is 6.11. The molecule has 0 bridgehead atoms. The SMILES string of the molecule is CN(C)C(=O)NC(=O)c1ccns1. The standard InChI is InChI=1S/C7H9N3O2S/c1-10(2)7(12)9-6(11)5-3-4-8-13-5/h3-4H,1-2H3,(H,9,11,12). The number of hydrogen-bond acceptors (Lipinski definition) is 4. The molecule has 0 aliphatic heterocycles. The van der Waals surface area contributed by atoms with Crippen molar-refractivity contribution < 1.29 is 9.59 Å². The molecule has 1 aromatic rings. The molecule has 13 heavy (non-hydrogen) atoms. The molecule has 70 valence electrons. The van der Waals surface area contributed by atoms with Crippen LogP contribution in [0, 0.1) is 0 Å². The smallest absolute Gasteiger partial charge is 0.323 e. The van der Waals surface area contributed by atoms with Crippen molar-refractivity contribution in [3.05, 3.63) is 17.1 Å². The van der Waals surface area contributed by atoms with Crippen LogP contribution in [0.1, 0.15) is 9.67 Å². The minimum absolute atomic E-state index is 0.416. The lowest BCUT2D eigenvalue weighted by Gasteiger charge is -2.09. The molecule has 0 aromatic carbocycles. The largest absolute Gasteiger partial charge is 0.331 e. The van der Waals surface area contributed by atoms with Gasteiger partial charge in [-0.1, -0.05) is 0 Å². The van der Waals surface area contributed by atoms with Crippen molar-refractivity contribution in [3.63, 3.8) is 0 Å². The number of nitrogens with zero attached hydrogens (tertiary/aromatic N) is 2. The lowest BCUT2D eigenvalue weighted by atomic mass is 10.4. The number of carbonyl (C=O) groups is 2. The Morgan fingerprint density at radius 2 is 2.23 bits per heavy atom. The maximum atomic E-state index is 11.2. The van der Waals surface area contributed by atoms with Crippen LogP contribution in [0.3, 0.4) is 0 Å². The second-order valence-corrected chi connectivity index (χ2v) is 3.36. The van der Waals surface area contributed by atoms with Crippen LogP contribution in [0.25, 0.3) is 0 Å². The van der Waals surface area contributed by atoms with E-state index in [1.165, 1.54) is 11.1 Å². The van der Waals surface area contributed by atoms with Gasteiger partial charge >= 0.3 is 6.03 Å². The molecule has 0 unspecified atom stereocenters. The highest BCUT2D eigenvalue weighted by molar-refractivity contribution is 7.08. The summed E-state index contributed by atoms with van der Waals surface area (Å²) in [5.74, 6) is -0.416. The summed E-state index contributed by atoms with van der Waals surface area (Å²) < 4.78 is 3.75. The molecule has 1 aromatic heterocycles.